The van der Waals surface area contributed by atoms with Crippen LogP contribution in [0.25, 0.3) is 99.1 Å². The SMILES string of the molecule is c1ccc(-c2ccc(-c3ccc(N(c4cccc(-c5ccc6c(c5)c(-c5ccccc5)c(-c5ccccc5)c5ccccc56)c4)c4ccc5oc6ccccc6c5c4)cc3)cc2)cc1. The lowest BCUT2D eigenvalue weighted by Gasteiger charge is -2.26. The van der Waals surface area contributed by atoms with Crippen molar-refractivity contribution in [2.24, 2.45) is 0 Å². The fraction of sp³-hybridized carbons (Fsp3) is 0. The van der Waals surface area contributed by atoms with Crippen LogP contribution in [0.5, 0.6) is 0 Å². The molecule has 12 rings (SSSR count). The minimum absolute atomic E-state index is 0.876. The third kappa shape index (κ3) is 6.61. The first-order chi connectivity index (χ1) is 31.7. The molecule has 0 N–H and O–H groups in total. The van der Waals surface area contributed by atoms with Crippen LogP contribution >= 0.6 is 0 Å². The van der Waals surface area contributed by atoms with Crippen LogP contribution in [0.15, 0.2) is 253 Å². The molecule has 0 atom stereocenters. The maximum absolute atomic E-state index is 6.30. The average Bonchev–Trinajstić information content (AvgIpc) is 3.75. The van der Waals surface area contributed by atoms with Gasteiger partial charge >= 0.3 is 0 Å². The molecule has 64 heavy (non-hydrogen) atoms. The van der Waals surface area contributed by atoms with E-state index in [1.54, 1.807) is 0 Å². The number of benzene rings is 11. The number of nitrogens with zero attached hydrogens (tertiary/aromatic N) is 1. The number of hydrogen-bond acceptors (Lipinski definition) is 2. The van der Waals surface area contributed by atoms with Crippen LogP contribution in [0.1, 0.15) is 0 Å². The molecule has 0 bridgehead atoms. The number of furan rings is 1. The zero-order valence-electron chi connectivity index (χ0n) is 35.0. The van der Waals surface area contributed by atoms with E-state index in [1.165, 1.54) is 66.1 Å². The van der Waals surface area contributed by atoms with Gasteiger partial charge in [0.25, 0.3) is 0 Å². The molecule has 2 nitrogen and oxygen atoms in total. The molecule has 0 saturated carbocycles. The van der Waals surface area contributed by atoms with Crippen molar-refractivity contribution < 1.29 is 4.42 Å². The standard InChI is InChI=1S/C62H41NO/c1-4-15-42(16-5-1)43-27-29-44(30-28-43)45-31-34-50(35-32-45)63(52-36-38-60-57(41-52)55-24-12-13-26-59(55)64-60)51-22-14-21-48(39-51)49-33-37-54-53-23-10-11-25-56(53)61(46-17-6-2-7-18-46)62(58(54)40-49)47-19-8-3-9-20-47/h1-41H. The van der Waals surface area contributed by atoms with Gasteiger partial charge in [0.1, 0.15) is 11.2 Å². The summed E-state index contributed by atoms with van der Waals surface area (Å²) in [4.78, 5) is 2.37. The monoisotopic (exact) mass is 815 g/mol. The minimum Gasteiger partial charge on any atom is -0.456 e. The third-order valence-corrected chi connectivity index (χ3v) is 12.7. The molecular weight excluding hydrogens is 775 g/mol. The van der Waals surface area contributed by atoms with Gasteiger partial charge in [-0.25, -0.2) is 0 Å². The molecule has 300 valence electrons. The van der Waals surface area contributed by atoms with Crippen molar-refractivity contribution >= 4 is 60.5 Å². The fourth-order valence-electron chi connectivity index (χ4n) is 9.59. The second-order valence-electron chi connectivity index (χ2n) is 16.4. The lowest BCUT2D eigenvalue weighted by molar-refractivity contribution is 0.669. The molecular formula is C62H41NO. The molecule has 0 aliphatic rings. The largest absolute Gasteiger partial charge is 0.456 e. The topological polar surface area (TPSA) is 16.4 Å². The van der Waals surface area contributed by atoms with Crippen LogP contribution in [-0.4, -0.2) is 0 Å². The van der Waals surface area contributed by atoms with E-state index in [4.69, 9.17) is 4.42 Å². The molecule has 11 aromatic carbocycles. The number of rotatable bonds is 8. The number of fused-ring (bicyclic) bond motifs is 6. The Balaban J connectivity index is 1.01. The molecule has 0 saturated heterocycles. The molecule has 0 unspecified atom stereocenters. The third-order valence-electron chi connectivity index (χ3n) is 12.7. The summed E-state index contributed by atoms with van der Waals surface area (Å²) in [6, 6.07) is 89.7. The van der Waals surface area contributed by atoms with E-state index in [0.717, 1.165) is 50.1 Å². The molecule has 12 aromatic rings. The Morgan fingerprint density at radius 2 is 0.656 bits per heavy atom. The van der Waals surface area contributed by atoms with E-state index in [0.29, 0.717) is 0 Å². The predicted octanol–water partition coefficient (Wildman–Crippen LogP) is 17.7. The first-order valence-corrected chi connectivity index (χ1v) is 21.9. The minimum atomic E-state index is 0.876. The van der Waals surface area contributed by atoms with E-state index >= 15 is 0 Å². The zero-order valence-corrected chi connectivity index (χ0v) is 35.0. The Kier molecular flexibility index (Phi) is 9.20. The molecule has 0 fully saturated rings. The van der Waals surface area contributed by atoms with Gasteiger partial charge in [-0.2, -0.15) is 0 Å². The summed E-state index contributed by atoms with van der Waals surface area (Å²) in [7, 11) is 0. The lowest BCUT2D eigenvalue weighted by Crippen LogP contribution is -2.10. The van der Waals surface area contributed by atoms with Gasteiger partial charge in [-0.3, -0.25) is 0 Å². The average molecular weight is 816 g/mol. The Bertz CT molecular complexity index is 3630. The van der Waals surface area contributed by atoms with Crippen molar-refractivity contribution in [2.45, 2.75) is 0 Å². The van der Waals surface area contributed by atoms with E-state index in [2.05, 4.69) is 241 Å². The van der Waals surface area contributed by atoms with E-state index in [9.17, 15) is 0 Å². The second kappa shape index (κ2) is 15.8. The van der Waals surface area contributed by atoms with Gasteiger partial charge in [-0.1, -0.05) is 194 Å². The summed E-state index contributed by atoms with van der Waals surface area (Å²) in [5, 5.41) is 7.17. The lowest BCUT2D eigenvalue weighted by atomic mass is 9.84. The van der Waals surface area contributed by atoms with Crippen LogP contribution in [0.4, 0.5) is 17.1 Å². The molecule has 0 aliphatic heterocycles. The maximum Gasteiger partial charge on any atom is 0.135 e. The van der Waals surface area contributed by atoms with E-state index < -0.39 is 0 Å². The van der Waals surface area contributed by atoms with Gasteiger partial charge in [0.15, 0.2) is 0 Å². The molecule has 1 aromatic heterocycles. The van der Waals surface area contributed by atoms with E-state index in [1.807, 2.05) is 12.1 Å². The highest BCUT2D eigenvalue weighted by Gasteiger charge is 2.20. The Hall–Kier alpha value is -8.46. The van der Waals surface area contributed by atoms with Crippen LogP contribution in [0.2, 0.25) is 0 Å². The van der Waals surface area contributed by atoms with Gasteiger partial charge < -0.3 is 9.32 Å². The van der Waals surface area contributed by atoms with Crippen LogP contribution in [0, 0.1) is 0 Å². The highest BCUT2D eigenvalue weighted by Crippen LogP contribution is 2.46. The van der Waals surface area contributed by atoms with Crippen LogP contribution in [0.3, 0.4) is 0 Å². The van der Waals surface area contributed by atoms with Crippen molar-refractivity contribution in [3.05, 3.63) is 249 Å². The summed E-state index contributed by atoms with van der Waals surface area (Å²) < 4.78 is 6.30. The van der Waals surface area contributed by atoms with Crippen molar-refractivity contribution in [3.8, 4) is 55.6 Å². The van der Waals surface area contributed by atoms with E-state index in [-0.39, 0.29) is 0 Å². The number of para-hydroxylation sites is 1. The summed E-state index contributed by atoms with van der Waals surface area (Å²) in [6.45, 7) is 0. The molecule has 0 amide bonds. The smallest absolute Gasteiger partial charge is 0.135 e. The number of hydrogen-bond donors (Lipinski definition) is 0. The van der Waals surface area contributed by atoms with Crippen molar-refractivity contribution in [1.82, 2.24) is 0 Å². The van der Waals surface area contributed by atoms with Gasteiger partial charge in [0, 0.05) is 27.8 Å². The summed E-state index contributed by atoms with van der Waals surface area (Å²) in [5.74, 6) is 0. The predicted molar refractivity (Wildman–Crippen MR) is 271 cm³/mol. The highest BCUT2D eigenvalue weighted by atomic mass is 16.3. The Morgan fingerprint density at radius 1 is 0.219 bits per heavy atom. The molecule has 0 aliphatic carbocycles. The summed E-state index contributed by atoms with van der Waals surface area (Å²) >= 11 is 0. The first kappa shape index (κ1) is 37.3. The van der Waals surface area contributed by atoms with Gasteiger partial charge in [-0.15, -0.1) is 0 Å². The first-order valence-electron chi connectivity index (χ1n) is 21.9. The quantitative estimate of drug-likeness (QED) is 0.142. The Labute approximate surface area is 372 Å². The molecule has 0 spiro atoms. The summed E-state index contributed by atoms with van der Waals surface area (Å²) in [5.41, 5.74) is 16.9. The maximum atomic E-state index is 6.30. The molecule has 2 heteroatoms. The summed E-state index contributed by atoms with van der Waals surface area (Å²) in [6.07, 6.45) is 0. The molecule has 0 radical (unpaired) electrons. The Morgan fingerprint density at radius 3 is 1.33 bits per heavy atom. The van der Waals surface area contributed by atoms with Gasteiger partial charge in [0.2, 0.25) is 0 Å². The van der Waals surface area contributed by atoms with Crippen LogP contribution < -0.4 is 4.90 Å². The van der Waals surface area contributed by atoms with Gasteiger partial charge in [-0.05, 0) is 132 Å². The van der Waals surface area contributed by atoms with Crippen LogP contribution in [-0.2, 0) is 0 Å². The zero-order chi connectivity index (χ0) is 42.4. The van der Waals surface area contributed by atoms with Crippen molar-refractivity contribution in [3.63, 3.8) is 0 Å². The second-order valence-corrected chi connectivity index (χ2v) is 16.4. The normalized spacial score (nSPS) is 11.4. The number of anilines is 3. The molecule has 1 heterocycles. The van der Waals surface area contributed by atoms with Crippen molar-refractivity contribution in [2.75, 3.05) is 4.90 Å². The fourth-order valence-corrected chi connectivity index (χ4v) is 9.59. The highest BCUT2D eigenvalue weighted by molar-refractivity contribution is 6.22. The van der Waals surface area contributed by atoms with Crippen molar-refractivity contribution in [1.29, 1.82) is 0 Å². The van der Waals surface area contributed by atoms with Gasteiger partial charge in [0.05, 0.1) is 0 Å².